The summed E-state index contributed by atoms with van der Waals surface area (Å²) in [5, 5.41) is 2.05. The van der Waals surface area contributed by atoms with Crippen LogP contribution >= 0.6 is 22.9 Å². The number of thiophene rings is 1. The Balaban J connectivity index is 2.84. The molecule has 0 N–H and O–H groups in total. The molecule has 2 heteroatoms. The van der Waals surface area contributed by atoms with Crippen LogP contribution in [-0.4, -0.2) is 0 Å². The zero-order valence-corrected chi connectivity index (χ0v) is 8.67. The zero-order valence-electron chi connectivity index (χ0n) is 7.10. The van der Waals surface area contributed by atoms with Crippen molar-refractivity contribution in [3.63, 3.8) is 0 Å². The second-order valence-electron chi connectivity index (χ2n) is 3.18. The van der Waals surface area contributed by atoms with E-state index in [0.29, 0.717) is 11.8 Å². The van der Waals surface area contributed by atoms with Gasteiger partial charge in [0.2, 0.25) is 0 Å². The quantitative estimate of drug-likeness (QED) is 0.654. The molecule has 0 aliphatic carbocycles. The number of hydrogen-bond donors (Lipinski definition) is 0. The molecule has 0 aliphatic heterocycles. The van der Waals surface area contributed by atoms with Gasteiger partial charge in [-0.05, 0) is 28.8 Å². The minimum Gasteiger partial charge on any atom is -0.132 e. The molecule has 1 aromatic heterocycles. The van der Waals surface area contributed by atoms with Crippen molar-refractivity contribution >= 4 is 22.9 Å². The Morgan fingerprint density at radius 2 is 2.00 bits per heavy atom. The number of hydrogen-bond acceptors (Lipinski definition) is 1. The van der Waals surface area contributed by atoms with Crippen molar-refractivity contribution in [1.29, 1.82) is 0 Å². The third-order valence-corrected chi connectivity index (χ3v) is 3.34. The van der Waals surface area contributed by atoms with Crippen LogP contribution in [0.1, 0.15) is 32.3 Å². The maximum Gasteiger partial charge on any atom is 0.0963 e. The first-order valence-corrected chi connectivity index (χ1v) is 5.11. The van der Waals surface area contributed by atoms with Gasteiger partial charge in [0.25, 0.3) is 0 Å². The molecular weight excluding hydrogens is 176 g/mol. The van der Waals surface area contributed by atoms with Gasteiger partial charge in [0.05, 0.1) is 4.34 Å². The molecule has 0 amide bonds. The highest BCUT2D eigenvalue weighted by Gasteiger charge is 2.13. The molecule has 11 heavy (non-hydrogen) atoms. The molecule has 62 valence electrons. The molecule has 0 fully saturated rings. The van der Waals surface area contributed by atoms with E-state index in [4.69, 9.17) is 11.6 Å². The van der Waals surface area contributed by atoms with E-state index >= 15 is 0 Å². The maximum atomic E-state index is 6.00. The normalized spacial score (nSPS) is 13.9. The van der Waals surface area contributed by atoms with E-state index in [2.05, 4.69) is 32.2 Å². The van der Waals surface area contributed by atoms with Gasteiger partial charge in [0.1, 0.15) is 0 Å². The summed E-state index contributed by atoms with van der Waals surface area (Å²) in [5.74, 6) is 1.25. The summed E-state index contributed by atoms with van der Waals surface area (Å²) < 4.78 is 0.950. The highest BCUT2D eigenvalue weighted by Crippen LogP contribution is 2.33. The van der Waals surface area contributed by atoms with Crippen molar-refractivity contribution in [3.8, 4) is 0 Å². The fourth-order valence-electron chi connectivity index (χ4n) is 0.991. The van der Waals surface area contributed by atoms with Crippen molar-refractivity contribution in [2.24, 2.45) is 5.92 Å². The Hall–Kier alpha value is -0.0100. The molecule has 1 unspecified atom stereocenters. The first-order valence-electron chi connectivity index (χ1n) is 3.85. The SMILES string of the molecule is CC(C)C(C)c1ccsc1Cl. The summed E-state index contributed by atoms with van der Waals surface area (Å²) in [4.78, 5) is 0. The third-order valence-electron chi connectivity index (χ3n) is 2.14. The van der Waals surface area contributed by atoms with E-state index in [9.17, 15) is 0 Å². The van der Waals surface area contributed by atoms with E-state index < -0.39 is 0 Å². The van der Waals surface area contributed by atoms with Crippen LogP contribution < -0.4 is 0 Å². The van der Waals surface area contributed by atoms with Gasteiger partial charge < -0.3 is 0 Å². The third kappa shape index (κ3) is 1.97. The Kier molecular flexibility index (Phi) is 2.97. The van der Waals surface area contributed by atoms with E-state index in [0.717, 1.165) is 4.34 Å². The average Bonchev–Trinajstić information content (AvgIpc) is 2.33. The smallest absolute Gasteiger partial charge is 0.0963 e. The molecule has 0 nitrogen and oxygen atoms in total. The van der Waals surface area contributed by atoms with Crippen LogP contribution in [0.15, 0.2) is 11.4 Å². The molecule has 1 rings (SSSR count). The van der Waals surface area contributed by atoms with Crippen LogP contribution in [0, 0.1) is 5.92 Å². The van der Waals surface area contributed by atoms with Crippen LogP contribution in [0.5, 0.6) is 0 Å². The lowest BCUT2D eigenvalue weighted by Gasteiger charge is -2.14. The number of rotatable bonds is 2. The van der Waals surface area contributed by atoms with E-state index in [1.54, 1.807) is 11.3 Å². The predicted molar refractivity (Wildman–Crippen MR) is 52.6 cm³/mol. The lowest BCUT2D eigenvalue weighted by molar-refractivity contribution is 0.536. The van der Waals surface area contributed by atoms with Gasteiger partial charge in [-0.1, -0.05) is 32.4 Å². The molecule has 0 saturated carbocycles. The Labute approximate surface area is 77.2 Å². The average molecular weight is 189 g/mol. The summed E-state index contributed by atoms with van der Waals surface area (Å²) in [7, 11) is 0. The van der Waals surface area contributed by atoms with Gasteiger partial charge in [-0.15, -0.1) is 11.3 Å². The van der Waals surface area contributed by atoms with Crippen molar-refractivity contribution in [3.05, 3.63) is 21.3 Å². The molecule has 0 spiro atoms. The molecular formula is C9H13ClS. The second-order valence-corrected chi connectivity index (χ2v) is 4.70. The monoisotopic (exact) mass is 188 g/mol. The Bertz CT molecular complexity index is 227. The van der Waals surface area contributed by atoms with Gasteiger partial charge in [0.15, 0.2) is 0 Å². The van der Waals surface area contributed by atoms with E-state index in [1.165, 1.54) is 5.56 Å². The van der Waals surface area contributed by atoms with Crippen LogP contribution in [0.2, 0.25) is 4.34 Å². The van der Waals surface area contributed by atoms with Gasteiger partial charge in [0, 0.05) is 0 Å². The molecule has 0 radical (unpaired) electrons. The Morgan fingerprint density at radius 3 is 2.36 bits per heavy atom. The van der Waals surface area contributed by atoms with E-state index in [-0.39, 0.29) is 0 Å². The molecule has 0 aliphatic rings. The highest BCUT2D eigenvalue weighted by atomic mass is 35.5. The molecule has 0 bridgehead atoms. The van der Waals surface area contributed by atoms with Gasteiger partial charge in [-0.2, -0.15) is 0 Å². The van der Waals surface area contributed by atoms with Crippen LogP contribution in [0.3, 0.4) is 0 Å². The van der Waals surface area contributed by atoms with Gasteiger partial charge in [-0.3, -0.25) is 0 Å². The van der Waals surface area contributed by atoms with Crippen molar-refractivity contribution in [2.45, 2.75) is 26.7 Å². The van der Waals surface area contributed by atoms with Gasteiger partial charge >= 0.3 is 0 Å². The van der Waals surface area contributed by atoms with Crippen LogP contribution in [-0.2, 0) is 0 Å². The largest absolute Gasteiger partial charge is 0.132 e. The lowest BCUT2D eigenvalue weighted by Crippen LogP contribution is -2.00. The fraction of sp³-hybridized carbons (Fsp3) is 0.556. The van der Waals surface area contributed by atoms with Crippen molar-refractivity contribution < 1.29 is 0 Å². The second kappa shape index (κ2) is 3.59. The summed E-state index contributed by atoms with van der Waals surface area (Å²) in [6.07, 6.45) is 0. The molecule has 0 aromatic carbocycles. The van der Waals surface area contributed by atoms with E-state index in [1.807, 2.05) is 0 Å². The highest BCUT2D eigenvalue weighted by molar-refractivity contribution is 7.14. The van der Waals surface area contributed by atoms with Crippen LogP contribution in [0.25, 0.3) is 0 Å². The first kappa shape index (κ1) is 9.08. The number of halogens is 1. The summed E-state index contributed by atoms with van der Waals surface area (Å²) in [6.45, 7) is 6.66. The Morgan fingerprint density at radius 1 is 1.36 bits per heavy atom. The predicted octanol–water partition coefficient (Wildman–Crippen LogP) is 4.16. The van der Waals surface area contributed by atoms with Crippen LogP contribution in [0.4, 0.5) is 0 Å². The van der Waals surface area contributed by atoms with Gasteiger partial charge in [-0.25, -0.2) is 0 Å². The molecule has 1 heterocycles. The summed E-state index contributed by atoms with van der Waals surface area (Å²) in [5.41, 5.74) is 1.30. The minimum absolute atomic E-state index is 0.578. The summed E-state index contributed by atoms with van der Waals surface area (Å²) in [6, 6.07) is 2.12. The molecule has 0 saturated heterocycles. The molecule has 1 aromatic rings. The molecule has 1 atom stereocenters. The topological polar surface area (TPSA) is 0 Å². The fourth-order valence-corrected chi connectivity index (χ4v) is 2.10. The first-order chi connectivity index (χ1) is 5.13. The van der Waals surface area contributed by atoms with Crippen molar-refractivity contribution in [1.82, 2.24) is 0 Å². The maximum absolute atomic E-state index is 6.00. The van der Waals surface area contributed by atoms with Crippen molar-refractivity contribution in [2.75, 3.05) is 0 Å². The zero-order chi connectivity index (χ0) is 8.43. The minimum atomic E-state index is 0.578. The lowest BCUT2D eigenvalue weighted by atomic mass is 9.92. The summed E-state index contributed by atoms with van der Waals surface area (Å²) >= 11 is 7.61. The standard InChI is InChI=1S/C9H13ClS/c1-6(2)7(3)8-4-5-11-9(8)10/h4-7H,1-3H3.